The first-order valence-electron chi connectivity index (χ1n) is 6.93. The second-order valence-electron chi connectivity index (χ2n) is 5.61. The van der Waals surface area contributed by atoms with Gasteiger partial charge in [-0.05, 0) is 30.5 Å². The number of benzene rings is 1. The largest absolute Gasteiger partial charge is 0.399 e. The predicted octanol–water partition coefficient (Wildman–Crippen LogP) is 1.38. The molecule has 1 aliphatic carbocycles. The van der Waals surface area contributed by atoms with Crippen LogP contribution in [0.25, 0.3) is 0 Å². The van der Waals surface area contributed by atoms with Crippen molar-refractivity contribution < 1.29 is 13.5 Å². The molecule has 0 unspecified atom stereocenters. The Morgan fingerprint density at radius 3 is 2.35 bits per heavy atom. The lowest BCUT2D eigenvalue weighted by Crippen LogP contribution is -2.44. The summed E-state index contributed by atoms with van der Waals surface area (Å²) >= 11 is 0. The molecule has 0 bridgehead atoms. The van der Waals surface area contributed by atoms with Gasteiger partial charge in [-0.3, -0.25) is 0 Å². The molecule has 4 N–H and O–H groups in total. The minimum Gasteiger partial charge on any atom is -0.399 e. The normalized spacial score (nSPS) is 18.9. The lowest BCUT2D eigenvalue weighted by molar-refractivity contribution is 0.00944. The van der Waals surface area contributed by atoms with Crippen molar-refractivity contribution >= 4 is 15.7 Å². The van der Waals surface area contributed by atoms with Crippen LogP contribution in [0.3, 0.4) is 0 Å². The molecule has 20 heavy (non-hydrogen) atoms. The van der Waals surface area contributed by atoms with Crippen LogP contribution in [0.2, 0.25) is 0 Å². The smallest absolute Gasteiger partial charge is 0.215 e. The maximum absolute atomic E-state index is 12.0. The molecule has 0 aromatic heterocycles. The van der Waals surface area contributed by atoms with Crippen molar-refractivity contribution in [3.05, 3.63) is 29.8 Å². The third-order valence-electron chi connectivity index (χ3n) is 3.74. The van der Waals surface area contributed by atoms with Crippen LogP contribution in [0, 0.1) is 0 Å². The molecule has 1 aromatic rings. The van der Waals surface area contributed by atoms with Crippen LogP contribution in [0.1, 0.15) is 37.7 Å². The van der Waals surface area contributed by atoms with E-state index in [0.717, 1.165) is 19.3 Å². The van der Waals surface area contributed by atoms with E-state index >= 15 is 0 Å². The molecule has 5 nitrogen and oxygen atoms in total. The van der Waals surface area contributed by atoms with E-state index in [1.807, 2.05) is 0 Å². The van der Waals surface area contributed by atoms with Gasteiger partial charge in [0.2, 0.25) is 10.0 Å². The summed E-state index contributed by atoms with van der Waals surface area (Å²) in [4.78, 5) is 0. The van der Waals surface area contributed by atoms with Crippen LogP contribution in [0.4, 0.5) is 5.69 Å². The SMILES string of the molecule is Nc1ccc(CS(=O)(=O)NCC2(O)CCCCC2)cc1. The van der Waals surface area contributed by atoms with E-state index in [2.05, 4.69) is 4.72 Å². The Bertz CT molecular complexity index is 534. The second-order valence-corrected chi connectivity index (χ2v) is 7.41. The monoisotopic (exact) mass is 298 g/mol. The third kappa shape index (κ3) is 4.47. The van der Waals surface area contributed by atoms with Crippen molar-refractivity contribution in [3.8, 4) is 0 Å². The Hall–Kier alpha value is -1.11. The maximum atomic E-state index is 12.0. The average Bonchev–Trinajstić information content (AvgIpc) is 2.40. The first kappa shape index (κ1) is 15.3. The van der Waals surface area contributed by atoms with Crippen LogP contribution < -0.4 is 10.5 Å². The number of rotatable bonds is 5. The van der Waals surface area contributed by atoms with Crippen LogP contribution in [-0.2, 0) is 15.8 Å². The molecule has 112 valence electrons. The van der Waals surface area contributed by atoms with Crippen molar-refractivity contribution in [2.45, 2.75) is 43.5 Å². The summed E-state index contributed by atoms with van der Waals surface area (Å²) in [5.41, 5.74) is 5.97. The number of hydrogen-bond acceptors (Lipinski definition) is 4. The van der Waals surface area contributed by atoms with Gasteiger partial charge in [-0.15, -0.1) is 0 Å². The molecule has 1 fully saturated rings. The fourth-order valence-electron chi connectivity index (χ4n) is 2.52. The standard InChI is InChI=1S/C14H22N2O3S/c15-13-6-4-12(5-7-13)10-20(18,19)16-11-14(17)8-2-1-3-9-14/h4-7,16-17H,1-3,8-11,15H2. The first-order valence-corrected chi connectivity index (χ1v) is 8.58. The van der Waals surface area contributed by atoms with Gasteiger partial charge >= 0.3 is 0 Å². The molecular weight excluding hydrogens is 276 g/mol. The summed E-state index contributed by atoms with van der Waals surface area (Å²) in [5.74, 6) is -0.0939. The van der Waals surface area contributed by atoms with E-state index < -0.39 is 15.6 Å². The molecule has 0 saturated heterocycles. The van der Waals surface area contributed by atoms with Gasteiger partial charge in [0.25, 0.3) is 0 Å². The van der Waals surface area contributed by atoms with Gasteiger partial charge < -0.3 is 10.8 Å². The van der Waals surface area contributed by atoms with E-state index in [9.17, 15) is 13.5 Å². The Labute approximate surface area is 120 Å². The molecule has 0 heterocycles. The summed E-state index contributed by atoms with van der Waals surface area (Å²) < 4.78 is 26.6. The quantitative estimate of drug-likeness (QED) is 0.716. The molecule has 1 saturated carbocycles. The molecule has 2 rings (SSSR count). The first-order chi connectivity index (χ1) is 9.39. The Balaban J connectivity index is 1.92. The Kier molecular flexibility index (Phi) is 4.67. The van der Waals surface area contributed by atoms with E-state index in [-0.39, 0.29) is 12.3 Å². The predicted molar refractivity (Wildman–Crippen MR) is 79.5 cm³/mol. The van der Waals surface area contributed by atoms with Crippen LogP contribution in [-0.4, -0.2) is 25.7 Å². The highest BCUT2D eigenvalue weighted by Crippen LogP contribution is 2.27. The van der Waals surface area contributed by atoms with Gasteiger partial charge in [0.15, 0.2) is 0 Å². The molecule has 0 spiro atoms. The van der Waals surface area contributed by atoms with Gasteiger partial charge in [-0.1, -0.05) is 31.4 Å². The van der Waals surface area contributed by atoms with E-state index in [1.54, 1.807) is 24.3 Å². The third-order valence-corrected chi connectivity index (χ3v) is 5.04. The number of nitrogen functional groups attached to an aromatic ring is 1. The molecule has 1 aliphatic rings. The lowest BCUT2D eigenvalue weighted by atomic mass is 9.85. The molecular formula is C14H22N2O3S. The Morgan fingerprint density at radius 1 is 1.15 bits per heavy atom. The van der Waals surface area contributed by atoms with Gasteiger partial charge in [0, 0.05) is 12.2 Å². The fourth-order valence-corrected chi connectivity index (χ4v) is 3.74. The lowest BCUT2D eigenvalue weighted by Gasteiger charge is -2.32. The van der Waals surface area contributed by atoms with Gasteiger partial charge in [-0.25, -0.2) is 13.1 Å². The molecule has 0 radical (unpaired) electrons. The number of nitrogens with one attached hydrogen (secondary N) is 1. The number of anilines is 1. The summed E-state index contributed by atoms with van der Waals surface area (Å²) in [5, 5.41) is 10.3. The summed E-state index contributed by atoms with van der Waals surface area (Å²) in [6, 6.07) is 6.76. The van der Waals surface area contributed by atoms with E-state index in [0.29, 0.717) is 24.1 Å². The molecule has 0 atom stereocenters. The zero-order valence-corrected chi connectivity index (χ0v) is 12.3. The van der Waals surface area contributed by atoms with Gasteiger partial charge in [0.1, 0.15) is 0 Å². The van der Waals surface area contributed by atoms with Crippen molar-refractivity contribution in [1.82, 2.24) is 4.72 Å². The minimum absolute atomic E-state index is 0.0939. The fraction of sp³-hybridized carbons (Fsp3) is 0.571. The van der Waals surface area contributed by atoms with Crippen molar-refractivity contribution in [3.63, 3.8) is 0 Å². The van der Waals surface area contributed by atoms with Crippen molar-refractivity contribution in [2.24, 2.45) is 0 Å². The maximum Gasteiger partial charge on any atom is 0.215 e. The number of sulfonamides is 1. The Morgan fingerprint density at radius 2 is 1.75 bits per heavy atom. The number of hydrogen-bond donors (Lipinski definition) is 3. The van der Waals surface area contributed by atoms with Crippen molar-refractivity contribution in [2.75, 3.05) is 12.3 Å². The molecule has 0 aliphatic heterocycles. The van der Waals surface area contributed by atoms with Gasteiger partial charge in [-0.2, -0.15) is 0 Å². The van der Waals surface area contributed by atoms with Crippen LogP contribution >= 0.6 is 0 Å². The highest BCUT2D eigenvalue weighted by atomic mass is 32.2. The molecule has 0 amide bonds. The highest BCUT2D eigenvalue weighted by Gasteiger charge is 2.30. The van der Waals surface area contributed by atoms with E-state index in [1.165, 1.54) is 0 Å². The summed E-state index contributed by atoms with van der Waals surface area (Å²) in [7, 11) is -3.44. The van der Waals surface area contributed by atoms with Crippen molar-refractivity contribution in [1.29, 1.82) is 0 Å². The second kappa shape index (κ2) is 6.11. The zero-order chi connectivity index (χ0) is 14.6. The summed E-state index contributed by atoms with van der Waals surface area (Å²) in [6.45, 7) is 0.101. The highest BCUT2D eigenvalue weighted by molar-refractivity contribution is 7.88. The number of nitrogens with two attached hydrogens (primary N) is 1. The van der Waals surface area contributed by atoms with Crippen LogP contribution in [0.15, 0.2) is 24.3 Å². The molecule has 1 aromatic carbocycles. The number of aliphatic hydroxyl groups is 1. The zero-order valence-electron chi connectivity index (χ0n) is 11.5. The summed E-state index contributed by atoms with van der Waals surface area (Å²) in [6.07, 6.45) is 4.35. The van der Waals surface area contributed by atoms with Gasteiger partial charge in [0.05, 0.1) is 11.4 Å². The van der Waals surface area contributed by atoms with Crippen LogP contribution in [0.5, 0.6) is 0 Å². The molecule has 6 heteroatoms. The average molecular weight is 298 g/mol. The minimum atomic E-state index is -3.44. The van der Waals surface area contributed by atoms with E-state index in [4.69, 9.17) is 5.73 Å². The topological polar surface area (TPSA) is 92.4 Å².